The third-order valence-electron chi connectivity index (χ3n) is 0.249. The third-order valence-corrected chi connectivity index (χ3v) is 0.249. The normalized spacial score (nSPS) is 5.86. The Morgan fingerprint density at radius 2 is 2.29 bits per heavy atom. The molecule has 0 N–H and O–H groups in total. The summed E-state index contributed by atoms with van der Waals surface area (Å²) in [6.07, 6.45) is 1.10. The Bertz CT molecular complexity index is 70.1. The minimum absolute atomic E-state index is 0. The van der Waals surface area contributed by atoms with Gasteiger partial charge in [0.2, 0.25) is 0 Å². The molecule has 0 amide bonds. The summed E-state index contributed by atoms with van der Waals surface area (Å²) < 4.78 is 4.17. The summed E-state index contributed by atoms with van der Waals surface area (Å²) >= 11 is 0. The summed E-state index contributed by atoms with van der Waals surface area (Å²) in [7, 11) is 0. The van der Waals surface area contributed by atoms with Crippen LogP contribution in [0.5, 0.6) is 0 Å². The molecule has 0 bridgehead atoms. The van der Waals surface area contributed by atoms with E-state index in [4.69, 9.17) is 0 Å². The number of rotatable bonds is 1. The SMILES string of the molecule is C=COC(C)=O.[Rh]. The average molecular weight is 189 g/mol. The average Bonchev–Trinajstić information content (AvgIpc) is 1.35. The van der Waals surface area contributed by atoms with Crippen LogP contribution in [0.1, 0.15) is 6.92 Å². The van der Waals surface area contributed by atoms with E-state index in [0.29, 0.717) is 0 Å². The van der Waals surface area contributed by atoms with Gasteiger partial charge in [0.15, 0.2) is 0 Å². The Hall–Kier alpha value is -0.167. The van der Waals surface area contributed by atoms with Gasteiger partial charge in [0.25, 0.3) is 0 Å². The van der Waals surface area contributed by atoms with Gasteiger partial charge in [-0.3, -0.25) is 4.79 Å². The Kier molecular flexibility index (Phi) is 8.29. The molecule has 0 aliphatic rings. The van der Waals surface area contributed by atoms with E-state index in [1.54, 1.807) is 0 Å². The van der Waals surface area contributed by atoms with E-state index in [2.05, 4.69) is 11.3 Å². The quantitative estimate of drug-likeness (QED) is 0.344. The van der Waals surface area contributed by atoms with Gasteiger partial charge in [-0.15, -0.1) is 0 Å². The van der Waals surface area contributed by atoms with Crippen molar-refractivity contribution in [3.05, 3.63) is 12.8 Å². The first-order valence-corrected chi connectivity index (χ1v) is 1.55. The van der Waals surface area contributed by atoms with Crippen LogP contribution in [0.4, 0.5) is 0 Å². The summed E-state index contributed by atoms with van der Waals surface area (Å²) in [5.74, 6) is -0.329. The van der Waals surface area contributed by atoms with Gasteiger partial charge >= 0.3 is 5.97 Å². The maximum atomic E-state index is 9.75. The molecule has 0 rings (SSSR count). The largest absolute Gasteiger partial charge is 0.435 e. The number of esters is 1. The van der Waals surface area contributed by atoms with E-state index < -0.39 is 0 Å². The molecule has 1 radical (unpaired) electrons. The molecular weight excluding hydrogens is 183 g/mol. The maximum Gasteiger partial charge on any atom is 0.307 e. The van der Waals surface area contributed by atoms with Gasteiger partial charge in [-0.2, -0.15) is 0 Å². The van der Waals surface area contributed by atoms with E-state index in [1.807, 2.05) is 0 Å². The molecule has 2 nitrogen and oxygen atoms in total. The fourth-order valence-electron chi connectivity index (χ4n) is 0.117. The van der Waals surface area contributed by atoms with E-state index in [1.165, 1.54) is 6.92 Å². The third kappa shape index (κ3) is 10.7. The van der Waals surface area contributed by atoms with Crippen LogP contribution in [0.2, 0.25) is 0 Å². The standard InChI is InChI=1S/C4H6O2.Rh/c1-3-6-4(2)5;/h3H,1H2,2H3;. The molecule has 0 unspecified atom stereocenters. The van der Waals surface area contributed by atoms with Crippen molar-refractivity contribution in [2.45, 2.75) is 6.92 Å². The molecule has 43 valence electrons. The second kappa shape index (κ2) is 5.83. The summed E-state index contributed by atoms with van der Waals surface area (Å²) in [4.78, 5) is 9.75. The number of hydrogen-bond acceptors (Lipinski definition) is 2. The van der Waals surface area contributed by atoms with Crippen LogP contribution in [0.15, 0.2) is 12.8 Å². The minimum atomic E-state index is -0.329. The second-order valence-electron chi connectivity index (χ2n) is 0.776. The molecule has 0 aromatic rings. The fourth-order valence-corrected chi connectivity index (χ4v) is 0.117. The van der Waals surface area contributed by atoms with Gasteiger partial charge < -0.3 is 4.74 Å². The predicted octanol–water partition coefficient (Wildman–Crippen LogP) is 0.690. The summed E-state index contributed by atoms with van der Waals surface area (Å²) in [5.41, 5.74) is 0. The van der Waals surface area contributed by atoms with Crippen LogP contribution >= 0.6 is 0 Å². The molecule has 0 aromatic carbocycles. The van der Waals surface area contributed by atoms with Crippen molar-refractivity contribution in [2.24, 2.45) is 0 Å². The van der Waals surface area contributed by atoms with Crippen molar-refractivity contribution >= 4 is 5.97 Å². The molecule has 0 saturated carbocycles. The summed E-state index contributed by atoms with van der Waals surface area (Å²) in [6, 6.07) is 0. The van der Waals surface area contributed by atoms with Crippen molar-refractivity contribution in [1.29, 1.82) is 0 Å². The Morgan fingerprint density at radius 3 is 2.29 bits per heavy atom. The predicted molar refractivity (Wildman–Crippen MR) is 22.0 cm³/mol. The van der Waals surface area contributed by atoms with Crippen molar-refractivity contribution < 1.29 is 29.0 Å². The number of carbonyl (C=O) groups is 1. The number of hydrogen-bond donors (Lipinski definition) is 0. The van der Waals surface area contributed by atoms with Crippen molar-refractivity contribution in [1.82, 2.24) is 0 Å². The van der Waals surface area contributed by atoms with Crippen LogP contribution in [-0.2, 0) is 29.0 Å². The fraction of sp³-hybridized carbons (Fsp3) is 0.250. The molecule has 0 spiro atoms. The molecule has 3 heteroatoms. The summed E-state index contributed by atoms with van der Waals surface area (Å²) in [5, 5.41) is 0. The molecule has 0 aliphatic carbocycles. The van der Waals surface area contributed by atoms with Gasteiger partial charge in [0.1, 0.15) is 0 Å². The Balaban J connectivity index is 0. The van der Waals surface area contributed by atoms with E-state index >= 15 is 0 Å². The van der Waals surface area contributed by atoms with E-state index in [9.17, 15) is 4.79 Å². The van der Waals surface area contributed by atoms with Gasteiger partial charge in [0.05, 0.1) is 6.26 Å². The molecular formula is C4H6O2Rh. The van der Waals surface area contributed by atoms with E-state index in [-0.39, 0.29) is 25.4 Å². The van der Waals surface area contributed by atoms with Crippen LogP contribution in [0.25, 0.3) is 0 Å². The number of ether oxygens (including phenoxy) is 1. The molecule has 7 heavy (non-hydrogen) atoms. The zero-order valence-corrected chi connectivity index (χ0v) is 5.57. The van der Waals surface area contributed by atoms with Crippen LogP contribution in [0, 0.1) is 0 Å². The van der Waals surface area contributed by atoms with E-state index in [0.717, 1.165) is 6.26 Å². The molecule has 0 heterocycles. The topological polar surface area (TPSA) is 26.3 Å². The van der Waals surface area contributed by atoms with Crippen molar-refractivity contribution in [2.75, 3.05) is 0 Å². The molecule has 0 aromatic heterocycles. The van der Waals surface area contributed by atoms with Gasteiger partial charge in [-0.25, -0.2) is 0 Å². The smallest absolute Gasteiger partial charge is 0.307 e. The maximum absolute atomic E-state index is 9.75. The zero-order valence-electron chi connectivity index (χ0n) is 3.93. The molecule has 0 aliphatic heterocycles. The number of carbonyl (C=O) groups excluding carboxylic acids is 1. The first-order valence-electron chi connectivity index (χ1n) is 1.55. The van der Waals surface area contributed by atoms with Gasteiger partial charge in [-0.1, -0.05) is 6.58 Å². The molecule has 0 fully saturated rings. The Labute approximate surface area is 55.3 Å². The minimum Gasteiger partial charge on any atom is -0.435 e. The monoisotopic (exact) mass is 189 g/mol. The van der Waals surface area contributed by atoms with Crippen molar-refractivity contribution in [3.8, 4) is 0 Å². The first kappa shape index (κ1) is 9.95. The Morgan fingerprint density at radius 1 is 1.86 bits per heavy atom. The zero-order chi connectivity index (χ0) is 4.99. The van der Waals surface area contributed by atoms with Crippen LogP contribution in [0.3, 0.4) is 0 Å². The van der Waals surface area contributed by atoms with Crippen LogP contribution in [-0.4, -0.2) is 5.97 Å². The molecule has 0 atom stereocenters. The van der Waals surface area contributed by atoms with Crippen LogP contribution < -0.4 is 0 Å². The second-order valence-corrected chi connectivity index (χ2v) is 0.776. The van der Waals surface area contributed by atoms with Gasteiger partial charge in [0, 0.05) is 26.4 Å². The molecule has 0 saturated heterocycles. The van der Waals surface area contributed by atoms with Gasteiger partial charge in [-0.05, 0) is 0 Å². The first-order chi connectivity index (χ1) is 2.77. The van der Waals surface area contributed by atoms with Crippen molar-refractivity contribution in [3.63, 3.8) is 0 Å². The summed E-state index contributed by atoms with van der Waals surface area (Å²) in [6.45, 7) is 4.48.